The number of hydrogen-bond acceptors (Lipinski definition) is 4. The summed E-state index contributed by atoms with van der Waals surface area (Å²) in [7, 11) is 0. The van der Waals surface area contributed by atoms with Crippen molar-refractivity contribution in [2.24, 2.45) is 5.73 Å². The van der Waals surface area contributed by atoms with Crippen LogP contribution in [0.5, 0.6) is 0 Å². The van der Waals surface area contributed by atoms with Gasteiger partial charge in [0.1, 0.15) is 17.5 Å². The molecule has 4 aromatic rings. The molecule has 0 spiro atoms. The number of nitrogens with zero attached hydrogens (tertiary/aromatic N) is 5. The van der Waals surface area contributed by atoms with Gasteiger partial charge in [-0.25, -0.2) is 9.67 Å². The SMILES string of the molecule is Cc1cnc2ccc(-c3cnn4c3C(=O)N(c3ccc(C(F)(F)F)cc3)C[C@@H]4N)cn12. The van der Waals surface area contributed by atoms with E-state index in [0.717, 1.165) is 29.0 Å². The van der Waals surface area contributed by atoms with Crippen molar-refractivity contribution in [3.8, 4) is 11.1 Å². The van der Waals surface area contributed by atoms with Crippen molar-refractivity contribution in [2.75, 3.05) is 11.4 Å². The van der Waals surface area contributed by atoms with E-state index < -0.39 is 17.9 Å². The zero-order valence-corrected chi connectivity index (χ0v) is 16.3. The van der Waals surface area contributed by atoms with Crippen LogP contribution in [0.1, 0.15) is 27.9 Å². The standard InChI is InChI=1S/C21H17F3N6O/c1-12-8-26-18-7-2-13(10-28(12)18)16-9-27-30-17(25)11-29(20(31)19(16)30)15-5-3-14(4-6-15)21(22,23)24/h2-10,17H,11,25H2,1H3/t17-/m1/s1. The molecule has 4 heterocycles. The summed E-state index contributed by atoms with van der Waals surface area (Å²) >= 11 is 0. The highest BCUT2D eigenvalue weighted by molar-refractivity contribution is 6.09. The number of carbonyl (C=O) groups excluding carboxylic acids is 1. The van der Waals surface area contributed by atoms with Gasteiger partial charge in [-0.1, -0.05) is 0 Å². The van der Waals surface area contributed by atoms with Crippen LogP contribution in [0.15, 0.2) is 55.0 Å². The summed E-state index contributed by atoms with van der Waals surface area (Å²) in [6.45, 7) is 2.02. The minimum absolute atomic E-state index is 0.0952. The van der Waals surface area contributed by atoms with E-state index in [1.165, 1.54) is 21.7 Å². The van der Waals surface area contributed by atoms with Crippen molar-refractivity contribution in [1.82, 2.24) is 19.2 Å². The van der Waals surface area contributed by atoms with Crippen molar-refractivity contribution in [1.29, 1.82) is 0 Å². The number of aromatic nitrogens is 4. The number of aryl methyl sites for hydroxylation is 1. The first-order valence-corrected chi connectivity index (χ1v) is 9.50. The zero-order valence-electron chi connectivity index (χ0n) is 16.3. The number of anilines is 1. The molecule has 158 valence electrons. The topological polar surface area (TPSA) is 81.5 Å². The number of halogens is 3. The molecule has 0 saturated carbocycles. The molecule has 1 aromatic carbocycles. The third kappa shape index (κ3) is 3.07. The van der Waals surface area contributed by atoms with Gasteiger partial charge in [-0.2, -0.15) is 18.3 Å². The van der Waals surface area contributed by atoms with Crippen molar-refractivity contribution < 1.29 is 18.0 Å². The molecule has 31 heavy (non-hydrogen) atoms. The molecular formula is C21H17F3N6O. The molecule has 1 aliphatic rings. The van der Waals surface area contributed by atoms with Crippen molar-refractivity contribution in [3.63, 3.8) is 0 Å². The van der Waals surface area contributed by atoms with Crippen LogP contribution in [0, 0.1) is 6.92 Å². The minimum atomic E-state index is -4.45. The van der Waals surface area contributed by atoms with Crippen LogP contribution in [-0.2, 0) is 6.18 Å². The Morgan fingerprint density at radius 3 is 2.55 bits per heavy atom. The summed E-state index contributed by atoms with van der Waals surface area (Å²) < 4.78 is 42.0. The first-order chi connectivity index (χ1) is 14.7. The summed E-state index contributed by atoms with van der Waals surface area (Å²) in [5.41, 5.74) is 9.14. The molecule has 1 amide bonds. The molecule has 0 saturated heterocycles. The third-order valence-electron chi connectivity index (χ3n) is 5.43. The van der Waals surface area contributed by atoms with E-state index >= 15 is 0 Å². The molecular weight excluding hydrogens is 409 g/mol. The number of nitrogens with two attached hydrogens (primary N) is 1. The van der Waals surface area contributed by atoms with E-state index in [1.54, 1.807) is 12.4 Å². The van der Waals surface area contributed by atoms with E-state index in [1.807, 2.05) is 29.7 Å². The molecule has 1 aliphatic heterocycles. The van der Waals surface area contributed by atoms with Gasteiger partial charge in [0.05, 0.1) is 18.3 Å². The lowest BCUT2D eigenvalue weighted by Crippen LogP contribution is -2.46. The van der Waals surface area contributed by atoms with Gasteiger partial charge >= 0.3 is 6.18 Å². The Morgan fingerprint density at radius 2 is 1.84 bits per heavy atom. The lowest BCUT2D eigenvalue weighted by molar-refractivity contribution is -0.137. The Kier molecular flexibility index (Phi) is 4.16. The molecule has 10 heteroatoms. The summed E-state index contributed by atoms with van der Waals surface area (Å²) in [4.78, 5) is 19.0. The van der Waals surface area contributed by atoms with Gasteiger partial charge in [0.2, 0.25) is 0 Å². The minimum Gasteiger partial charge on any atom is -0.308 e. The Labute approximate surface area is 174 Å². The first kappa shape index (κ1) is 19.3. The van der Waals surface area contributed by atoms with E-state index in [9.17, 15) is 18.0 Å². The maximum absolute atomic E-state index is 13.3. The predicted molar refractivity (Wildman–Crippen MR) is 107 cm³/mol. The van der Waals surface area contributed by atoms with E-state index in [2.05, 4.69) is 10.1 Å². The normalized spacial score (nSPS) is 16.7. The molecule has 0 radical (unpaired) electrons. The average Bonchev–Trinajstić information content (AvgIpc) is 3.35. The molecule has 0 aliphatic carbocycles. The number of amides is 1. The van der Waals surface area contributed by atoms with Gasteiger partial charge in [0, 0.05) is 34.9 Å². The second kappa shape index (κ2) is 6.67. The fourth-order valence-corrected chi connectivity index (χ4v) is 3.83. The number of hydrogen-bond donors (Lipinski definition) is 1. The van der Waals surface area contributed by atoms with E-state index in [-0.39, 0.29) is 18.1 Å². The molecule has 3 aromatic heterocycles. The third-order valence-corrected chi connectivity index (χ3v) is 5.43. The smallest absolute Gasteiger partial charge is 0.308 e. The Hall–Kier alpha value is -3.66. The molecule has 0 fully saturated rings. The number of benzene rings is 1. The molecule has 5 rings (SSSR count). The summed E-state index contributed by atoms with van der Waals surface area (Å²) in [6, 6.07) is 8.15. The van der Waals surface area contributed by atoms with Gasteiger partial charge in [-0.15, -0.1) is 0 Å². The maximum atomic E-state index is 13.3. The van der Waals surface area contributed by atoms with E-state index in [0.29, 0.717) is 11.3 Å². The summed E-state index contributed by atoms with van der Waals surface area (Å²) in [5, 5.41) is 4.30. The number of carbonyl (C=O) groups is 1. The van der Waals surface area contributed by atoms with Crippen LogP contribution in [0.3, 0.4) is 0 Å². The molecule has 2 N–H and O–H groups in total. The van der Waals surface area contributed by atoms with Crippen molar-refractivity contribution >= 4 is 17.2 Å². The van der Waals surface area contributed by atoms with Gasteiger partial charge in [0.15, 0.2) is 0 Å². The monoisotopic (exact) mass is 426 g/mol. The number of rotatable bonds is 2. The average molecular weight is 426 g/mol. The highest BCUT2D eigenvalue weighted by Crippen LogP contribution is 2.34. The largest absolute Gasteiger partial charge is 0.416 e. The van der Waals surface area contributed by atoms with Crippen LogP contribution >= 0.6 is 0 Å². The van der Waals surface area contributed by atoms with Crippen LogP contribution in [-0.4, -0.2) is 31.6 Å². The van der Waals surface area contributed by atoms with Crippen molar-refractivity contribution in [2.45, 2.75) is 19.3 Å². The quantitative estimate of drug-likeness (QED) is 0.531. The van der Waals surface area contributed by atoms with Crippen LogP contribution in [0.25, 0.3) is 16.8 Å². The van der Waals surface area contributed by atoms with Gasteiger partial charge in [-0.05, 0) is 43.3 Å². The Morgan fingerprint density at radius 1 is 1.10 bits per heavy atom. The maximum Gasteiger partial charge on any atom is 0.416 e. The number of pyridine rings is 1. The Bertz CT molecular complexity index is 1310. The van der Waals surface area contributed by atoms with Crippen LogP contribution in [0.4, 0.5) is 18.9 Å². The molecule has 0 unspecified atom stereocenters. The zero-order chi connectivity index (χ0) is 21.9. The molecule has 0 bridgehead atoms. The van der Waals surface area contributed by atoms with Gasteiger partial charge in [0.25, 0.3) is 5.91 Å². The Balaban J connectivity index is 1.57. The highest BCUT2D eigenvalue weighted by Gasteiger charge is 2.35. The number of imidazole rings is 1. The van der Waals surface area contributed by atoms with Crippen LogP contribution < -0.4 is 10.6 Å². The summed E-state index contributed by atoms with van der Waals surface area (Å²) in [5.74, 6) is -0.378. The van der Waals surface area contributed by atoms with Gasteiger partial charge in [-0.3, -0.25) is 4.79 Å². The second-order valence-corrected chi connectivity index (χ2v) is 7.42. The number of alkyl halides is 3. The van der Waals surface area contributed by atoms with Gasteiger partial charge < -0.3 is 15.0 Å². The first-order valence-electron chi connectivity index (χ1n) is 9.50. The fraction of sp³-hybridized carbons (Fsp3) is 0.190. The molecule has 1 atom stereocenters. The summed E-state index contributed by atoms with van der Waals surface area (Å²) in [6.07, 6.45) is 0.112. The second-order valence-electron chi connectivity index (χ2n) is 7.42. The predicted octanol–water partition coefficient (Wildman–Crippen LogP) is 3.64. The van der Waals surface area contributed by atoms with Crippen molar-refractivity contribution in [3.05, 3.63) is 71.9 Å². The lowest BCUT2D eigenvalue weighted by Gasteiger charge is -2.32. The van der Waals surface area contributed by atoms with Crippen LogP contribution in [0.2, 0.25) is 0 Å². The van der Waals surface area contributed by atoms with E-state index in [4.69, 9.17) is 5.73 Å². The lowest BCUT2D eigenvalue weighted by atomic mass is 10.1. The fourth-order valence-electron chi connectivity index (χ4n) is 3.83. The number of fused-ring (bicyclic) bond motifs is 2. The highest BCUT2D eigenvalue weighted by atomic mass is 19.4. The molecule has 7 nitrogen and oxygen atoms in total.